The molecule has 0 aromatic heterocycles. The van der Waals surface area contributed by atoms with Crippen LogP contribution in [0.15, 0.2) is 84.9 Å². The lowest BCUT2D eigenvalue weighted by molar-refractivity contribution is 0.328. The van der Waals surface area contributed by atoms with Crippen molar-refractivity contribution in [1.29, 1.82) is 0 Å². The number of alkyl halides is 1. The van der Waals surface area contributed by atoms with Crippen molar-refractivity contribution < 1.29 is 4.74 Å². The predicted octanol–water partition coefficient (Wildman–Crippen LogP) is 5.93. The van der Waals surface area contributed by atoms with Crippen LogP contribution < -0.4 is 10.5 Å². The molecule has 2 nitrogen and oxygen atoms in total. The minimum Gasteiger partial charge on any atom is -0.492 e. The first-order valence-electron chi connectivity index (χ1n) is 9.14. The smallest absolute Gasteiger partial charge is 0.119 e. The van der Waals surface area contributed by atoms with Crippen LogP contribution in [-0.4, -0.2) is 13.2 Å². The van der Waals surface area contributed by atoms with Gasteiger partial charge in [0.05, 0.1) is 5.38 Å². The van der Waals surface area contributed by atoms with Crippen molar-refractivity contribution in [2.75, 3.05) is 13.2 Å². The first-order valence-corrected chi connectivity index (χ1v) is 9.58. The number of nitrogens with two attached hydrogens (primary N) is 1. The van der Waals surface area contributed by atoms with E-state index in [1.165, 1.54) is 16.7 Å². The molecular formula is C24H24ClNO. The molecular weight excluding hydrogens is 354 g/mol. The Kier molecular flexibility index (Phi) is 7.09. The van der Waals surface area contributed by atoms with E-state index in [0.717, 1.165) is 17.7 Å². The van der Waals surface area contributed by atoms with Crippen molar-refractivity contribution in [2.45, 2.75) is 11.8 Å². The molecule has 138 valence electrons. The Labute approximate surface area is 166 Å². The minimum absolute atomic E-state index is 0.122. The number of allylic oxidation sites excluding steroid dienone is 1. The number of benzene rings is 3. The fourth-order valence-corrected chi connectivity index (χ4v) is 3.24. The third-order valence-electron chi connectivity index (χ3n) is 4.31. The molecule has 0 radical (unpaired) electrons. The van der Waals surface area contributed by atoms with Crippen molar-refractivity contribution in [3.63, 3.8) is 0 Å². The molecule has 1 unspecified atom stereocenters. The molecule has 3 heteroatoms. The van der Waals surface area contributed by atoms with Crippen molar-refractivity contribution in [3.8, 4) is 5.75 Å². The Morgan fingerprint density at radius 1 is 0.889 bits per heavy atom. The van der Waals surface area contributed by atoms with E-state index in [9.17, 15) is 0 Å². The van der Waals surface area contributed by atoms with Gasteiger partial charge in [0.15, 0.2) is 0 Å². The largest absolute Gasteiger partial charge is 0.492 e. The highest BCUT2D eigenvalue weighted by Gasteiger charge is 2.13. The topological polar surface area (TPSA) is 35.2 Å². The van der Waals surface area contributed by atoms with Crippen molar-refractivity contribution in [1.82, 2.24) is 0 Å². The Morgan fingerprint density at radius 3 is 2.15 bits per heavy atom. The van der Waals surface area contributed by atoms with Crippen LogP contribution in [0.4, 0.5) is 0 Å². The molecule has 0 fully saturated rings. The summed E-state index contributed by atoms with van der Waals surface area (Å²) in [5, 5.41) is -0.122. The molecule has 0 aliphatic rings. The number of ether oxygens (including phenoxy) is 1. The molecule has 3 aromatic carbocycles. The molecule has 0 aliphatic carbocycles. The maximum absolute atomic E-state index is 6.77. The van der Waals surface area contributed by atoms with Gasteiger partial charge in [0, 0.05) is 6.54 Å². The van der Waals surface area contributed by atoms with Crippen LogP contribution in [0.25, 0.3) is 11.6 Å². The summed E-state index contributed by atoms with van der Waals surface area (Å²) in [6.07, 6.45) is 2.95. The molecule has 3 aromatic rings. The van der Waals surface area contributed by atoms with Crippen LogP contribution in [-0.2, 0) is 0 Å². The van der Waals surface area contributed by atoms with E-state index in [0.29, 0.717) is 13.2 Å². The average molecular weight is 378 g/mol. The summed E-state index contributed by atoms with van der Waals surface area (Å²) in [6.45, 7) is 1.02. The van der Waals surface area contributed by atoms with Gasteiger partial charge in [-0.25, -0.2) is 0 Å². The van der Waals surface area contributed by atoms with Gasteiger partial charge in [-0.3, -0.25) is 0 Å². The van der Waals surface area contributed by atoms with E-state index >= 15 is 0 Å². The maximum atomic E-state index is 6.77. The highest BCUT2D eigenvalue weighted by molar-refractivity contribution is 6.21. The number of hydrogen-bond acceptors (Lipinski definition) is 2. The zero-order valence-corrected chi connectivity index (χ0v) is 16.0. The molecule has 0 bridgehead atoms. The number of hydrogen-bond donors (Lipinski definition) is 1. The van der Waals surface area contributed by atoms with Crippen LogP contribution >= 0.6 is 11.6 Å². The summed E-state index contributed by atoms with van der Waals surface area (Å²) in [6, 6.07) is 28.7. The summed E-state index contributed by atoms with van der Waals surface area (Å²) in [4.78, 5) is 0. The lowest BCUT2D eigenvalue weighted by Crippen LogP contribution is -2.10. The zero-order chi connectivity index (χ0) is 18.9. The molecule has 1 atom stereocenters. The van der Waals surface area contributed by atoms with Crippen molar-refractivity contribution in [2.24, 2.45) is 5.73 Å². The van der Waals surface area contributed by atoms with Crippen LogP contribution in [0.3, 0.4) is 0 Å². The zero-order valence-electron chi connectivity index (χ0n) is 15.2. The van der Waals surface area contributed by atoms with Gasteiger partial charge in [0.25, 0.3) is 0 Å². The lowest BCUT2D eigenvalue weighted by Gasteiger charge is -2.15. The van der Waals surface area contributed by atoms with Crippen LogP contribution in [0.2, 0.25) is 0 Å². The van der Waals surface area contributed by atoms with E-state index in [-0.39, 0.29) is 5.38 Å². The highest BCUT2D eigenvalue weighted by atomic mass is 35.5. The molecule has 0 saturated heterocycles. The second kappa shape index (κ2) is 9.96. The third kappa shape index (κ3) is 5.72. The molecule has 27 heavy (non-hydrogen) atoms. The fourth-order valence-electron chi connectivity index (χ4n) is 2.92. The quantitative estimate of drug-likeness (QED) is 0.389. The van der Waals surface area contributed by atoms with Crippen LogP contribution in [0.5, 0.6) is 5.75 Å². The Hall–Kier alpha value is -2.55. The summed E-state index contributed by atoms with van der Waals surface area (Å²) in [5.74, 6) is 0.816. The summed E-state index contributed by atoms with van der Waals surface area (Å²) in [7, 11) is 0. The molecule has 0 spiro atoms. The predicted molar refractivity (Wildman–Crippen MR) is 115 cm³/mol. The standard InChI is InChI=1S/C24H24ClNO/c25-24(21-11-13-23(14-12-21)27-16-15-26)18-22(20-9-5-2-6-10-20)17-19-7-3-1-4-8-19/h1-14,17,24H,15-16,18,26H2. The first-order chi connectivity index (χ1) is 13.3. The molecule has 0 heterocycles. The van der Waals surface area contributed by atoms with E-state index in [1.54, 1.807) is 0 Å². The van der Waals surface area contributed by atoms with E-state index < -0.39 is 0 Å². The molecule has 0 amide bonds. The summed E-state index contributed by atoms with van der Waals surface area (Å²) >= 11 is 6.77. The lowest BCUT2D eigenvalue weighted by atomic mass is 9.96. The first kappa shape index (κ1) is 19.2. The Balaban J connectivity index is 1.80. The second-order valence-electron chi connectivity index (χ2n) is 6.32. The van der Waals surface area contributed by atoms with Gasteiger partial charge in [0.2, 0.25) is 0 Å². The molecule has 0 aliphatic heterocycles. The van der Waals surface area contributed by atoms with Gasteiger partial charge in [-0.05, 0) is 40.8 Å². The average Bonchev–Trinajstić information content (AvgIpc) is 2.73. The number of halogens is 1. The van der Waals surface area contributed by atoms with Crippen molar-refractivity contribution >= 4 is 23.3 Å². The van der Waals surface area contributed by atoms with Gasteiger partial charge >= 0.3 is 0 Å². The van der Waals surface area contributed by atoms with Gasteiger partial charge in [-0.1, -0.05) is 78.9 Å². The van der Waals surface area contributed by atoms with Crippen LogP contribution in [0.1, 0.15) is 28.5 Å². The van der Waals surface area contributed by atoms with E-state index in [2.05, 4.69) is 42.5 Å². The van der Waals surface area contributed by atoms with Gasteiger partial charge < -0.3 is 10.5 Å². The van der Waals surface area contributed by atoms with Gasteiger partial charge in [-0.2, -0.15) is 0 Å². The second-order valence-corrected chi connectivity index (χ2v) is 6.85. The number of rotatable bonds is 8. The van der Waals surface area contributed by atoms with E-state index in [1.807, 2.05) is 48.5 Å². The van der Waals surface area contributed by atoms with Gasteiger partial charge in [0.1, 0.15) is 12.4 Å². The third-order valence-corrected chi connectivity index (χ3v) is 4.72. The maximum Gasteiger partial charge on any atom is 0.119 e. The molecule has 2 N–H and O–H groups in total. The SMILES string of the molecule is NCCOc1ccc(C(Cl)CC(=Cc2ccccc2)c2ccccc2)cc1. The Bertz CT molecular complexity index is 845. The minimum atomic E-state index is -0.122. The normalized spacial score (nSPS) is 12.6. The Morgan fingerprint density at radius 2 is 1.52 bits per heavy atom. The van der Waals surface area contributed by atoms with Crippen molar-refractivity contribution in [3.05, 3.63) is 102 Å². The van der Waals surface area contributed by atoms with E-state index in [4.69, 9.17) is 22.1 Å². The monoisotopic (exact) mass is 377 g/mol. The van der Waals surface area contributed by atoms with Crippen LogP contribution in [0, 0.1) is 0 Å². The summed E-state index contributed by atoms with van der Waals surface area (Å²) < 4.78 is 5.54. The fraction of sp³-hybridized carbons (Fsp3) is 0.167. The molecule has 3 rings (SSSR count). The summed E-state index contributed by atoms with van der Waals surface area (Å²) in [5.41, 5.74) is 10.1. The highest BCUT2D eigenvalue weighted by Crippen LogP contribution is 2.34. The van der Waals surface area contributed by atoms with Gasteiger partial charge in [-0.15, -0.1) is 11.6 Å². The molecule has 0 saturated carbocycles.